The largest absolute Gasteiger partial charge is 0.490 e. The van der Waals surface area contributed by atoms with E-state index in [1.54, 1.807) is 12.1 Å². The van der Waals surface area contributed by atoms with Gasteiger partial charge in [0.05, 0.1) is 21.4 Å². The summed E-state index contributed by atoms with van der Waals surface area (Å²) in [6, 6.07) is 29.0. The van der Waals surface area contributed by atoms with Gasteiger partial charge in [-0.2, -0.15) is 10.1 Å². The van der Waals surface area contributed by atoms with Crippen LogP contribution in [0, 0.1) is 9.39 Å². The van der Waals surface area contributed by atoms with Crippen molar-refractivity contribution in [2.24, 2.45) is 5.10 Å². The predicted octanol–water partition coefficient (Wildman–Crippen LogP) is 7.24. The van der Waals surface area contributed by atoms with Crippen LogP contribution in [0.15, 0.2) is 108 Å². The van der Waals surface area contributed by atoms with E-state index in [2.05, 4.69) is 22.6 Å². The van der Waals surface area contributed by atoms with Gasteiger partial charge in [-0.1, -0.05) is 60.7 Å². The van der Waals surface area contributed by atoms with E-state index in [0.29, 0.717) is 35.1 Å². The lowest BCUT2D eigenvalue weighted by molar-refractivity contribution is -0.114. The van der Waals surface area contributed by atoms with Crippen molar-refractivity contribution in [1.82, 2.24) is 0 Å². The van der Waals surface area contributed by atoms with Crippen LogP contribution in [0.4, 0.5) is 10.1 Å². The molecule has 0 unspecified atom stereocenters. The fraction of sp³-hybridized carbons (Fsp3) is 0.0968. The van der Waals surface area contributed by atoms with Crippen LogP contribution in [0.2, 0.25) is 0 Å². The van der Waals surface area contributed by atoms with Crippen LogP contribution in [0.5, 0.6) is 11.5 Å². The van der Waals surface area contributed by atoms with Crippen molar-refractivity contribution in [3.05, 3.63) is 129 Å². The first-order valence-electron chi connectivity index (χ1n) is 12.1. The molecule has 4 aromatic rings. The lowest BCUT2D eigenvalue weighted by atomic mass is 10.00. The molecule has 38 heavy (non-hydrogen) atoms. The molecule has 0 spiro atoms. The smallest absolute Gasteiger partial charge is 0.281 e. The number of hydrogen-bond acceptors (Lipinski definition) is 4. The van der Waals surface area contributed by atoms with E-state index in [9.17, 15) is 9.18 Å². The molecule has 0 fully saturated rings. The highest BCUT2D eigenvalue weighted by atomic mass is 127. The maximum atomic E-state index is 13.6. The number of rotatable bonds is 8. The lowest BCUT2D eigenvalue weighted by Gasteiger charge is -2.15. The number of hydrazone groups is 1. The van der Waals surface area contributed by atoms with Crippen molar-refractivity contribution in [2.75, 3.05) is 11.6 Å². The van der Waals surface area contributed by atoms with Crippen molar-refractivity contribution in [3.63, 3.8) is 0 Å². The summed E-state index contributed by atoms with van der Waals surface area (Å²) in [5.74, 6) is 0.664. The molecule has 5 rings (SSSR count). The van der Waals surface area contributed by atoms with Crippen molar-refractivity contribution < 1.29 is 18.7 Å². The number of carbonyl (C=O) groups excluding carboxylic acids is 1. The summed E-state index contributed by atoms with van der Waals surface area (Å²) in [6.45, 7) is 2.62. The van der Waals surface area contributed by atoms with E-state index in [1.807, 2.05) is 85.8 Å². The van der Waals surface area contributed by atoms with Gasteiger partial charge in [0.1, 0.15) is 18.1 Å². The summed E-state index contributed by atoms with van der Waals surface area (Å²) in [7, 11) is 0. The number of carbonyl (C=O) groups is 1. The molecule has 0 aliphatic carbocycles. The zero-order valence-electron chi connectivity index (χ0n) is 20.6. The summed E-state index contributed by atoms with van der Waals surface area (Å²) in [5.41, 5.74) is 4.27. The maximum absolute atomic E-state index is 13.6. The number of nitrogens with zero attached hydrogens (tertiary/aromatic N) is 2. The average molecular weight is 618 g/mol. The van der Waals surface area contributed by atoms with E-state index in [-0.39, 0.29) is 18.3 Å². The SMILES string of the molecule is CCOc1cc(/C=C2\C(=O)N(c3ccccc3)N=C2c2ccccc2)cc(I)c1OCc1ccc(F)cc1. The zero-order chi connectivity index (χ0) is 26.5. The van der Waals surface area contributed by atoms with Gasteiger partial charge < -0.3 is 9.47 Å². The third kappa shape index (κ3) is 5.62. The summed E-state index contributed by atoms with van der Waals surface area (Å²) in [5, 5.41) is 6.14. The van der Waals surface area contributed by atoms with Gasteiger partial charge in [0.15, 0.2) is 11.5 Å². The third-order valence-corrected chi connectivity index (χ3v) is 6.67. The highest BCUT2D eigenvalue weighted by molar-refractivity contribution is 14.1. The molecule has 0 aromatic heterocycles. The molecule has 0 radical (unpaired) electrons. The minimum Gasteiger partial charge on any atom is -0.490 e. The van der Waals surface area contributed by atoms with Gasteiger partial charge in [0.2, 0.25) is 0 Å². The Kier molecular flexibility index (Phi) is 7.83. The van der Waals surface area contributed by atoms with Crippen LogP contribution in [-0.2, 0) is 11.4 Å². The van der Waals surface area contributed by atoms with Gasteiger partial charge in [-0.15, -0.1) is 0 Å². The van der Waals surface area contributed by atoms with Crippen molar-refractivity contribution in [3.8, 4) is 11.5 Å². The molecule has 190 valence electrons. The number of para-hydroxylation sites is 1. The minimum absolute atomic E-state index is 0.209. The summed E-state index contributed by atoms with van der Waals surface area (Å²) < 4.78 is 26.1. The van der Waals surface area contributed by atoms with Crippen LogP contribution >= 0.6 is 22.6 Å². The van der Waals surface area contributed by atoms with Crippen LogP contribution in [0.3, 0.4) is 0 Å². The quantitative estimate of drug-likeness (QED) is 0.155. The Labute approximate surface area is 234 Å². The number of halogens is 2. The Morgan fingerprint density at radius 1 is 0.921 bits per heavy atom. The summed E-state index contributed by atoms with van der Waals surface area (Å²) in [4.78, 5) is 13.6. The number of hydrogen-bond donors (Lipinski definition) is 0. The number of benzene rings is 4. The fourth-order valence-electron chi connectivity index (χ4n) is 4.08. The standard InChI is InChI=1S/C31H24FIN2O3/c1-2-37-28-19-22(18-27(33)30(28)38-20-21-13-15-24(32)16-14-21)17-26-29(23-9-5-3-6-10-23)34-35(31(26)36)25-11-7-4-8-12-25/h3-19H,2,20H2,1H3/b26-17-. The Balaban J connectivity index is 1.51. The molecule has 0 saturated carbocycles. The van der Waals surface area contributed by atoms with Crippen LogP contribution in [-0.4, -0.2) is 18.2 Å². The van der Waals surface area contributed by atoms with Crippen LogP contribution in [0.25, 0.3) is 6.08 Å². The van der Waals surface area contributed by atoms with Crippen molar-refractivity contribution >= 4 is 46.0 Å². The maximum Gasteiger partial charge on any atom is 0.281 e. The predicted molar refractivity (Wildman–Crippen MR) is 156 cm³/mol. The Morgan fingerprint density at radius 3 is 2.29 bits per heavy atom. The van der Waals surface area contributed by atoms with Gasteiger partial charge in [-0.05, 0) is 83.1 Å². The first kappa shape index (κ1) is 25.7. The molecule has 0 atom stereocenters. The van der Waals surface area contributed by atoms with E-state index in [0.717, 1.165) is 20.3 Å². The highest BCUT2D eigenvalue weighted by Gasteiger charge is 2.32. The third-order valence-electron chi connectivity index (χ3n) is 5.87. The van der Waals surface area contributed by atoms with Gasteiger partial charge in [0.25, 0.3) is 5.91 Å². The van der Waals surface area contributed by atoms with Gasteiger partial charge >= 0.3 is 0 Å². The van der Waals surface area contributed by atoms with E-state index in [1.165, 1.54) is 17.1 Å². The lowest BCUT2D eigenvalue weighted by Crippen LogP contribution is -2.21. The van der Waals surface area contributed by atoms with Gasteiger partial charge in [-0.25, -0.2) is 4.39 Å². The van der Waals surface area contributed by atoms with Crippen LogP contribution < -0.4 is 14.5 Å². The van der Waals surface area contributed by atoms with Crippen LogP contribution in [0.1, 0.15) is 23.6 Å². The molecule has 4 aromatic carbocycles. The number of amides is 1. The molecular weight excluding hydrogens is 594 g/mol. The van der Waals surface area contributed by atoms with E-state index in [4.69, 9.17) is 14.6 Å². The second kappa shape index (κ2) is 11.6. The molecule has 0 bridgehead atoms. The van der Waals surface area contributed by atoms with E-state index < -0.39 is 0 Å². The molecule has 1 aliphatic heterocycles. The van der Waals surface area contributed by atoms with Crippen molar-refractivity contribution in [1.29, 1.82) is 0 Å². The zero-order valence-corrected chi connectivity index (χ0v) is 22.8. The summed E-state index contributed by atoms with van der Waals surface area (Å²) in [6.07, 6.45) is 1.84. The highest BCUT2D eigenvalue weighted by Crippen LogP contribution is 2.36. The Hall–Kier alpha value is -3.98. The minimum atomic E-state index is -0.290. The van der Waals surface area contributed by atoms with Crippen molar-refractivity contribution in [2.45, 2.75) is 13.5 Å². The van der Waals surface area contributed by atoms with E-state index >= 15 is 0 Å². The molecule has 0 saturated heterocycles. The second-order valence-corrected chi connectivity index (χ2v) is 9.67. The number of anilines is 1. The Bertz CT molecular complexity index is 1500. The molecular formula is C31H24FIN2O3. The molecule has 1 heterocycles. The van der Waals surface area contributed by atoms with Gasteiger partial charge in [-0.3, -0.25) is 4.79 Å². The molecule has 1 amide bonds. The van der Waals surface area contributed by atoms with Gasteiger partial charge in [0, 0.05) is 5.56 Å². The first-order valence-corrected chi connectivity index (χ1v) is 13.2. The Morgan fingerprint density at radius 2 is 1.61 bits per heavy atom. The normalized spacial score (nSPS) is 14.1. The summed E-state index contributed by atoms with van der Waals surface area (Å²) >= 11 is 2.20. The first-order chi connectivity index (χ1) is 18.5. The number of ether oxygens (including phenoxy) is 2. The molecule has 5 nitrogen and oxygen atoms in total. The molecule has 7 heteroatoms. The topological polar surface area (TPSA) is 51.1 Å². The fourth-order valence-corrected chi connectivity index (χ4v) is 4.86. The molecule has 0 N–H and O–H groups in total. The molecule has 1 aliphatic rings. The second-order valence-electron chi connectivity index (χ2n) is 8.50. The monoisotopic (exact) mass is 618 g/mol. The average Bonchev–Trinajstić information content (AvgIpc) is 3.26.